The maximum absolute atomic E-state index is 11.2. The molecular weight excluding hydrogens is 278 g/mol. The number of benzene rings is 2. The number of nitrogens with two attached hydrogens (primary N) is 1. The predicted octanol–water partition coefficient (Wildman–Crippen LogP) is 3.24. The van der Waals surface area contributed by atoms with Gasteiger partial charge in [-0.05, 0) is 42.8 Å². The highest BCUT2D eigenvalue weighted by Gasteiger charge is 2.14. The van der Waals surface area contributed by atoms with Crippen molar-refractivity contribution in [1.29, 1.82) is 0 Å². The Morgan fingerprint density at radius 2 is 1.70 bits per heavy atom. The van der Waals surface area contributed by atoms with Crippen molar-refractivity contribution in [3.05, 3.63) is 48.0 Å². The molecule has 0 aliphatic rings. The van der Waals surface area contributed by atoms with Crippen LogP contribution in [0, 0.1) is 6.92 Å². The SMILES string of the molecule is Cc1cc(N)ccc1/N=N/c1ccccc1S(=O)(=O)O. The summed E-state index contributed by atoms with van der Waals surface area (Å²) in [6.07, 6.45) is 0. The van der Waals surface area contributed by atoms with E-state index in [1.165, 1.54) is 18.2 Å². The molecule has 3 N–H and O–H groups in total. The highest BCUT2D eigenvalue weighted by molar-refractivity contribution is 7.86. The van der Waals surface area contributed by atoms with Crippen LogP contribution >= 0.6 is 0 Å². The van der Waals surface area contributed by atoms with Gasteiger partial charge >= 0.3 is 0 Å². The van der Waals surface area contributed by atoms with Crippen molar-refractivity contribution in [2.45, 2.75) is 11.8 Å². The van der Waals surface area contributed by atoms with E-state index in [1.807, 2.05) is 6.92 Å². The third kappa shape index (κ3) is 3.19. The molecule has 104 valence electrons. The highest BCUT2D eigenvalue weighted by atomic mass is 32.2. The van der Waals surface area contributed by atoms with Crippen molar-refractivity contribution in [2.24, 2.45) is 10.2 Å². The predicted molar refractivity (Wildman–Crippen MR) is 76.0 cm³/mol. The molecule has 2 rings (SSSR count). The Hall–Kier alpha value is -2.25. The van der Waals surface area contributed by atoms with Gasteiger partial charge in [0.15, 0.2) is 0 Å². The summed E-state index contributed by atoms with van der Waals surface area (Å²) in [7, 11) is -4.33. The number of nitrogen functional groups attached to an aromatic ring is 1. The van der Waals surface area contributed by atoms with Crippen LogP contribution < -0.4 is 5.73 Å². The lowest BCUT2D eigenvalue weighted by Gasteiger charge is -2.02. The second-order valence-electron chi connectivity index (χ2n) is 4.19. The van der Waals surface area contributed by atoms with Crippen LogP contribution in [0.5, 0.6) is 0 Å². The molecule has 20 heavy (non-hydrogen) atoms. The molecular formula is C13H13N3O3S. The normalized spacial score (nSPS) is 11.9. The number of hydrogen-bond acceptors (Lipinski definition) is 5. The van der Waals surface area contributed by atoms with Gasteiger partial charge in [0.25, 0.3) is 10.1 Å². The fourth-order valence-corrected chi connectivity index (χ4v) is 2.28. The Bertz CT molecular complexity index is 770. The van der Waals surface area contributed by atoms with Crippen LogP contribution in [-0.2, 0) is 10.1 Å². The van der Waals surface area contributed by atoms with Crippen molar-refractivity contribution in [3.63, 3.8) is 0 Å². The van der Waals surface area contributed by atoms with E-state index in [2.05, 4.69) is 10.2 Å². The van der Waals surface area contributed by atoms with Crippen molar-refractivity contribution >= 4 is 27.2 Å². The van der Waals surface area contributed by atoms with Gasteiger partial charge in [-0.3, -0.25) is 4.55 Å². The zero-order valence-corrected chi connectivity index (χ0v) is 11.5. The van der Waals surface area contributed by atoms with Crippen LogP contribution in [-0.4, -0.2) is 13.0 Å². The molecule has 0 aromatic heterocycles. The first-order chi connectivity index (χ1) is 9.38. The first-order valence-corrected chi connectivity index (χ1v) is 7.16. The minimum absolute atomic E-state index is 0.0752. The Morgan fingerprint density at radius 1 is 1.05 bits per heavy atom. The largest absolute Gasteiger partial charge is 0.399 e. The highest BCUT2D eigenvalue weighted by Crippen LogP contribution is 2.27. The van der Waals surface area contributed by atoms with Gasteiger partial charge in [0, 0.05) is 5.69 Å². The summed E-state index contributed by atoms with van der Waals surface area (Å²) in [6, 6.07) is 10.9. The van der Waals surface area contributed by atoms with Crippen molar-refractivity contribution in [3.8, 4) is 0 Å². The van der Waals surface area contributed by atoms with Crippen LogP contribution in [0.3, 0.4) is 0 Å². The summed E-state index contributed by atoms with van der Waals surface area (Å²) in [4.78, 5) is -0.281. The van der Waals surface area contributed by atoms with Gasteiger partial charge in [-0.2, -0.15) is 13.5 Å². The molecule has 0 fully saturated rings. The molecule has 0 aliphatic carbocycles. The molecule has 0 aliphatic heterocycles. The molecule has 0 bridgehead atoms. The summed E-state index contributed by atoms with van der Waals surface area (Å²) in [5.41, 5.74) is 7.71. The maximum Gasteiger partial charge on any atom is 0.296 e. The minimum atomic E-state index is -4.33. The Morgan fingerprint density at radius 3 is 2.35 bits per heavy atom. The number of hydrogen-bond donors (Lipinski definition) is 2. The van der Waals surface area contributed by atoms with Gasteiger partial charge in [0.2, 0.25) is 0 Å². The van der Waals surface area contributed by atoms with Gasteiger partial charge in [-0.15, -0.1) is 5.11 Å². The standard InChI is InChI=1S/C13H13N3O3S/c1-9-8-10(14)6-7-11(9)15-16-12-4-2-3-5-13(12)20(17,18)19/h2-8H,14H2,1H3,(H,17,18,19)/b16-15+. The quantitative estimate of drug-likeness (QED) is 0.514. The Balaban J connectivity index is 2.42. The van der Waals surface area contributed by atoms with Gasteiger partial charge in [0.05, 0.1) is 5.69 Å². The van der Waals surface area contributed by atoms with E-state index < -0.39 is 10.1 Å². The van der Waals surface area contributed by atoms with Gasteiger partial charge in [-0.25, -0.2) is 0 Å². The number of azo groups is 1. The van der Waals surface area contributed by atoms with Crippen LogP contribution in [0.4, 0.5) is 17.1 Å². The summed E-state index contributed by atoms with van der Waals surface area (Å²) >= 11 is 0. The molecule has 0 saturated carbocycles. The van der Waals surface area contributed by atoms with E-state index in [1.54, 1.807) is 24.3 Å². The molecule has 0 saturated heterocycles. The molecule has 2 aromatic carbocycles. The van der Waals surface area contributed by atoms with E-state index in [0.29, 0.717) is 11.4 Å². The van der Waals surface area contributed by atoms with E-state index in [4.69, 9.17) is 10.3 Å². The van der Waals surface area contributed by atoms with Crippen LogP contribution in [0.2, 0.25) is 0 Å². The topological polar surface area (TPSA) is 105 Å². The third-order valence-corrected chi connectivity index (χ3v) is 3.53. The number of nitrogens with zero attached hydrogens (tertiary/aromatic N) is 2. The molecule has 7 heteroatoms. The molecule has 0 atom stereocenters. The second-order valence-corrected chi connectivity index (χ2v) is 5.58. The van der Waals surface area contributed by atoms with Gasteiger partial charge in [0.1, 0.15) is 10.6 Å². The summed E-state index contributed by atoms with van der Waals surface area (Å²) in [5.74, 6) is 0. The molecule has 0 spiro atoms. The molecule has 2 aromatic rings. The summed E-state index contributed by atoms with van der Waals surface area (Å²) in [6.45, 7) is 1.82. The Kier molecular flexibility index (Phi) is 3.82. The first kappa shape index (κ1) is 14.2. The smallest absolute Gasteiger partial charge is 0.296 e. The van der Waals surface area contributed by atoms with E-state index in [-0.39, 0.29) is 10.6 Å². The molecule has 0 heterocycles. The van der Waals surface area contributed by atoms with Crippen molar-refractivity contribution < 1.29 is 13.0 Å². The molecule has 0 radical (unpaired) electrons. The molecule has 6 nitrogen and oxygen atoms in total. The number of anilines is 1. The summed E-state index contributed by atoms with van der Waals surface area (Å²) in [5, 5.41) is 7.86. The second kappa shape index (κ2) is 5.40. The average molecular weight is 291 g/mol. The van der Waals surface area contributed by atoms with Crippen LogP contribution in [0.1, 0.15) is 5.56 Å². The zero-order chi connectivity index (χ0) is 14.8. The van der Waals surface area contributed by atoms with Crippen molar-refractivity contribution in [1.82, 2.24) is 0 Å². The Labute approximate surface area is 116 Å². The van der Waals surface area contributed by atoms with Crippen LogP contribution in [0.25, 0.3) is 0 Å². The monoisotopic (exact) mass is 291 g/mol. The summed E-state index contributed by atoms with van der Waals surface area (Å²) < 4.78 is 31.5. The maximum atomic E-state index is 11.2. The lowest BCUT2D eigenvalue weighted by Crippen LogP contribution is -1.97. The molecule has 0 amide bonds. The fraction of sp³-hybridized carbons (Fsp3) is 0.0769. The molecule has 0 unspecified atom stereocenters. The third-order valence-electron chi connectivity index (χ3n) is 2.63. The zero-order valence-electron chi connectivity index (χ0n) is 10.7. The van der Waals surface area contributed by atoms with Gasteiger partial charge in [-0.1, -0.05) is 12.1 Å². The lowest BCUT2D eigenvalue weighted by molar-refractivity contribution is 0.483. The van der Waals surface area contributed by atoms with E-state index in [9.17, 15) is 8.42 Å². The fourth-order valence-electron chi connectivity index (χ4n) is 1.66. The average Bonchev–Trinajstić information content (AvgIpc) is 2.37. The number of aryl methyl sites for hydroxylation is 1. The van der Waals surface area contributed by atoms with Crippen LogP contribution in [0.15, 0.2) is 57.6 Å². The van der Waals surface area contributed by atoms with E-state index >= 15 is 0 Å². The van der Waals surface area contributed by atoms with Crippen molar-refractivity contribution in [2.75, 3.05) is 5.73 Å². The minimum Gasteiger partial charge on any atom is -0.399 e. The first-order valence-electron chi connectivity index (χ1n) is 5.72. The van der Waals surface area contributed by atoms with E-state index in [0.717, 1.165) is 5.56 Å². The lowest BCUT2D eigenvalue weighted by atomic mass is 10.2. The van der Waals surface area contributed by atoms with Gasteiger partial charge < -0.3 is 5.73 Å². The number of rotatable bonds is 3.